The van der Waals surface area contributed by atoms with Crippen LogP contribution in [0, 0.1) is 15.9 Å². The molecule has 0 amide bonds. The first-order chi connectivity index (χ1) is 9.11. The Kier molecular flexibility index (Phi) is 3.10. The van der Waals surface area contributed by atoms with Gasteiger partial charge < -0.3 is 10.6 Å². The van der Waals surface area contributed by atoms with Gasteiger partial charge in [0.2, 0.25) is 0 Å². The average molecular weight is 265 g/mol. The van der Waals surface area contributed by atoms with E-state index < -0.39 is 10.7 Å². The van der Waals surface area contributed by atoms with Crippen molar-refractivity contribution in [2.75, 3.05) is 5.32 Å². The van der Waals surface area contributed by atoms with Crippen LogP contribution in [0.3, 0.4) is 0 Å². The van der Waals surface area contributed by atoms with E-state index in [1.165, 1.54) is 25.0 Å². The molecule has 3 rings (SSSR count). The van der Waals surface area contributed by atoms with E-state index in [9.17, 15) is 14.5 Å². The van der Waals surface area contributed by atoms with E-state index in [0.29, 0.717) is 17.8 Å². The number of nitrogens with one attached hydrogen (secondary N) is 2. The molecule has 0 saturated carbocycles. The van der Waals surface area contributed by atoms with E-state index >= 15 is 0 Å². The van der Waals surface area contributed by atoms with Gasteiger partial charge in [-0.3, -0.25) is 10.1 Å². The Morgan fingerprint density at radius 3 is 2.58 bits per heavy atom. The molecule has 2 atom stereocenters. The number of hydrogen-bond acceptors (Lipinski definition) is 4. The number of halogens is 1. The van der Waals surface area contributed by atoms with Gasteiger partial charge in [0.25, 0.3) is 5.69 Å². The van der Waals surface area contributed by atoms with Crippen molar-refractivity contribution in [1.29, 1.82) is 0 Å². The summed E-state index contributed by atoms with van der Waals surface area (Å²) in [6, 6.07) is 5.06. The summed E-state index contributed by atoms with van der Waals surface area (Å²) in [6.45, 7) is 0. The number of nitro benzene ring substituents is 1. The molecular weight excluding hydrogens is 249 g/mol. The number of anilines is 1. The fourth-order valence-electron chi connectivity index (χ4n) is 3.13. The lowest BCUT2D eigenvalue weighted by molar-refractivity contribution is -0.385. The molecule has 2 heterocycles. The molecule has 0 radical (unpaired) electrons. The fraction of sp³-hybridized carbons (Fsp3) is 0.538. The molecule has 19 heavy (non-hydrogen) atoms. The summed E-state index contributed by atoms with van der Waals surface area (Å²) in [4.78, 5) is 9.97. The zero-order valence-electron chi connectivity index (χ0n) is 10.4. The second kappa shape index (κ2) is 4.77. The van der Waals surface area contributed by atoms with Crippen molar-refractivity contribution in [1.82, 2.24) is 5.32 Å². The third-order valence-corrected chi connectivity index (χ3v) is 4.00. The number of rotatable bonds is 3. The molecule has 2 aliphatic heterocycles. The number of nitrogens with zero attached hydrogens (tertiary/aromatic N) is 1. The smallest absolute Gasteiger partial charge is 0.272 e. The quantitative estimate of drug-likeness (QED) is 0.650. The van der Waals surface area contributed by atoms with Crippen LogP contribution in [0.15, 0.2) is 18.2 Å². The zero-order chi connectivity index (χ0) is 13.4. The summed E-state index contributed by atoms with van der Waals surface area (Å²) < 4.78 is 13.8. The van der Waals surface area contributed by atoms with Crippen molar-refractivity contribution in [3.63, 3.8) is 0 Å². The molecule has 2 aliphatic rings. The van der Waals surface area contributed by atoms with Crippen molar-refractivity contribution < 1.29 is 9.31 Å². The van der Waals surface area contributed by atoms with Crippen molar-refractivity contribution in [2.24, 2.45) is 0 Å². The Morgan fingerprint density at radius 2 is 2.00 bits per heavy atom. The standard InChI is InChI=1S/C13H16FN3O2/c14-12-7-11(17(18)19)3-4-13(12)16-10-5-8-1-2-9(6-10)15-8/h3-4,7-10,15-16H,1-2,5-6H2. The molecule has 0 aliphatic carbocycles. The molecule has 2 bridgehead atoms. The van der Waals surface area contributed by atoms with E-state index in [4.69, 9.17) is 0 Å². The molecule has 1 aromatic carbocycles. The molecule has 2 saturated heterocycles. The molecule has 1 aromatic rings. The summed E-state index contributed by atoms with van der Waals surface area (Å²) >= 11 is 0. The van der Waals surface area contributed by atoms with Crippen LogP contribution in [0.2, 0.25) is 0 Å². The molecule has 6 heteroatoms. The van der Waals surface area contributed by atoms with E-state index in [1.807, 2.05) is 0 Å². The lowest BCUT2D eigenvalue weighted by Gasteiger charge is -2.30. The lowest BCUT2D eigenvalue weighted by Crippen LogP contribution is -2.43. The Bertz CT molecular complexity index is 497. The maximum atomic E-state index is 13.8. The van der Waals surface area contributed by atoms with Crippen LogP contribution in [0.1, 0.15) is 25.7 Å². The Hall–Kier alpha value is -1.69. The van der Waals surface area contributed by atoms with E-state index in [2.05, 4.69) is 10.6 Å². The minimum atomic E-state index is -0.586. The maximum Gasteiger partial charge on any atom is 0.272 e. The Labute approximate surface area is 110 Å². The SMILES string of the molecule is O=[N+]([O-])c1ccc(NC2CC3CCC(C2)N3)c(F)c1. The largest absolute Gasteiger partial charge is 0.380 e. The highest BCUT2D eigenvalue weighted by molar-refractivity contribution is 5.50. The number of fused-ring (bicyclic) bond motifs is 2. The highest BCUT2D eigenvalue weighted by atomic mass is 19.1. The number of benzene rings is 1. The van der Waals surface area contributed by atoms with E-state index in [1.54, 1.807) is 0 Å². The van der Waals surface area contributed by atoms with Gasteiger partial charge in [0.05, 0.1) is 16.7 Å². The molecule has 102 valence electrons. The molecule has 2 N–H and O–H groups in total. The van der Waals surface area contributed by atoms with Crippen molar-refractivity contribution in [2.45, 2.75) is 43.8 Å². The van der Waals surface area contributed by atoms with Crippen molar-refractivity contribution in [3.05, 3.63) is 34.1 Å². The second-order valence-electron chi connectivity index (χ2n) is 5.37. The summed E-state index contributed by atoms with van der Waals surface area (Å²) in [7, 11) is 0. The highest BCUT2D eigenvalue weighted by Gasteiger charge is 2.33. The fourth-order valence-corrected chi connectivity index (χ4v) is 3.13. The van der Waals surface area contributed by atoms with E-state index in [0.717, 1.165) is 18.9 Å². The van der Waals surface area contributed by atoms with Gasteiger partial charge in [0.15, 0.2) is 5.82 Å². The van der Waals surface area contributed by atoms with Gasteiger partial charge in [-0.15, -0.1) is 0 Å². The van der Waals surface area contributed by atoms with Crippen LogP contribution in [0.25, 0.3) is 0 Å². The van der Waals surface area contributed by atoms with Crippen LogP contribution in [0.4, 0.5) is 15.8 Å². The minimum absolute atomic E-state index is 0.214. The predicted molar refractivity (Wildman–Crippen MR) is 69.6 cm³/mol. The summed E-state index contributed by atoms with van der Waals surface area (Å²) in [5, 5.41) is 17.3. The third-order valence-electron chi connectivity index (χ3n) is 4.00. The molecule has 0 spiro atoms. The monoisotopic (exact) mass is 265 g/mol. The van der Waals surface area contributed by atoms with Gasteiger partial charge in [-0.05, 0) is 31.7 Å². The Balaban J connectivity index is 1.71. The summed E-state index contributed by atoms with van der Waals surface area (Å²) in [6.07, 6.45) is 4.33. The number of hydrogen-bond donors (Lipinski definition) is 2. The van der Waals surface area contributed by atoms with Gasteiger partial charge >= 0.3 is 0 Å². The molecule has 2 unspecified atom stereocenters. The van der Waals surface area contributed by atoms with Gasteiger partial charge in [-0.25, -0.2) is 4.39 Å². The van der Waals surface area contributed by atoms with Crippen LogP contribution < -0.4 is 10.6 Å². The molecule has 2 fully saturated rings. The number of piperidine rings is 1. The maximum absolute atomic E-state index is 13.8. The number of non-ortho nitro benzene ring substituents is 1. The van der Waals surface area contributed by atoms with E-state index in [-0.39, 0.29) is 11.7 Å². The first-order valence-corrected chi connectivity index (χ1v) is 6.58. The van der Waals surface area contributed by atoms with Crippen molar-refractivity contribution in [3.8, 4) is 0 Å². The second-order valence-corrected chi connectivity index (χ2v) is 5.37. The zero-order valence-corrected chi connectivity index (χ0v) is 10.4. The van der Waals surface area contributed by atoms with Crippen LogP contribution >= 0.6 is 0 Å². The Morgan fingerprint density at radius 1 is 1.32 bits per heavy atom. The summed E-state index contributed by atoms with van der Waals surface area (Å²) in [5.74, 6) is -0.555. The third kappa shape index (κ3) is 2.53. The van der Waals surface area contributed by atoms with Gasteiger partial charge in [-0.1, -0.05) is 0 Å². The highest BCUT2D eigenvalue weighted by Crippen LogP contribution is 2.30. The van der Waals surface area contributed by atoms with Gasteiger partial charge in [0, 0.05) is 24.2 Å². The normalized spacial score (nSPS) is 29.2. The topological polar surface area (TPSA) is 67.2 Å². The van der Waals surface area contributed by atoms with Gasteiger partial charge in [-0.2, -0.15) is 0 Å². The molecular formula is C13H16FN3O2. The average Bonchev–Trinajstić information content (AvgIpc) is 2.71. The van der Waals surface area contributed by atoms with Gasteiger partial charge in [0.1, 0.15) is 0 Å². The first-order valence-electron chi connectivity index (χ1n) is 6.58. The molecule has 0 aromatic heterocycles. The lowest BCUT2D eigenvalue weighted by atomic mass is 9.99. The first kappa shape index (κ1) is 12.3. The van der Waals surface area contributed by atoms with Crippen LogP contribution in [-0.2, 0) is 0 Å². The summed E-state index contributed by atoms with van der Waals surface area (Å²) in [5.41, 5.74) is 0.144. The van der Waals surface area contributed by atoms with Crippen molar-refractivity contribution >= 4 is 11.4 Å². The number of nitro groups is 1. The molecule has 5 nitrogen and oxygen atoms in total. The van der Waals surface area contributed by atoms with Crippen LogP contribution in [0.5, 0.6) is 0 Å². The predicted octanol–water partition coefficient (Wildman–Crippen LogP) is 2.43. The minimum Gasteiger partial charge on any atom is -0.380 e. The van der Waals surface area contributed by atoms with Crippen LogP contribution in [-0.4, -0.2) is 23.0 Å².